The molecule has 1 saturated heterocycles. The number of piperidine rings is 1. The number of fused-ring (bicyclic) bond motifs is 1. The monoisotopic (exact) mass is 460 g/mol. The molecule has 5 nitrogen and oxygen atoms in total. The van der Waals surface area contributed by atoms with E-state index >= 15 is 0 Å². The van der Waals surface area contributed by atoms with Gasteiger partial charge in [0.1, 0.15) is 0 Å². The third-order valence-corrected chi connectivity index (χ3v) is 6.60. The van der Waals surface area contributed by atoms with E-state index in [0.29, 0.717) is 19.8 Å². The molecule has 3 aromatic rings. The second-order valence-corrected chi connectivity index (χ2v) is 9.14. The van der Waals surface area contributed by atoms with E-state index in [1.165, 1.54) is 27.5 Å². The average molecular weight is 461 g/mol. The summed E-state index contributed by atoms with van der Waals surface area (Å²) in [6.07, 6.45) is 2.91. The zero-order valence-corrected chi connectivity index (χ0v) is 20.4. The van der Waals surface area contributed by atoms with Crippen LogP contribution in [0.2, 0.25) is 0 Å². The van der Waals surface area contributed by atoms with E-state index in [2.05, 4.69) is 59.6 Å². The molecule has 1 aliphatic rings. The molecular weight excluding hydrogens is 424 g/mol. The minimum atomic E-state index is 0.0466. The molecule has 0 radical (unpaired) electrons. The van der Waals surface area contributed by atoms with Gasteiger partial charge in [-0.25, -0.2) is 0 Å². The molecule has 4 rings (SSSR count). The van der Waals surface area contributed by atoms with E-state index in [4.69, 9.17) is 9.47 Å². The van der Waals surface area contributed by atoms with Gasteiger partial charge in [-0.1, -0.05) is 43.3 Å². The highest BCUT2D eigenvalue weighted by Crippen LogP contribution is 2.21. The number of hydrogen-bond donors (Lipinski definition) is 1. The SMILES string of the molecule is CCc1cccc(C(=O)NC2CCN(Cc3ccc4ccc(COCCOC)cc4c3)CC2)c1. The van der Waals surface area contributed by atoms with Gasteiger partial charge in [0.2, 0.25) is 0 Å². The van der Waals surface area contributed by atoms with Gasteiger partial charge in [0.15, 0.2) is 0 Å². The number of ether oxygens (including phenoxy) is 2. The maximum atomic E-state index is 12.7. The van der Waals surface area contributed by atoms with Crippen LogP contribution in [-0.2, 0) is 29.0 Å². The Kier molecular flexibility index (Phi) is 8.69. The van der Waals surface area contributed by atoms with Crippen LogP contribution in [0, 0.1) is 0 Å². The summed E-state index contributed by atoms with van der Waals surface area (Å²) in [6.45, 7) is 6.85. The molecule has 0 atom stereocenters. The molecule has 1 heterocycles. The van der Waals surface area contributed by atoms with Gasteiger partial charge in [-0.2, -0.15) is 0 Å². The number of aryl methyl sites for hydroxylation is 1. The lowest BCUT2D eigenvalue weighted by Crippen LogP contribution is -2.44. The number of carbonyl (C=O) groups excluding carboxylic acids is 1. The van der Waals surface area contributed by atoms with E-state index in [1.54, 1.807) is 7.11 Å². The quantitative estimate of drug-likeness (QED) is 0.435. The lowest BCUT2D eigenvalue weighted by molar-refractivity contribution is 0.0617. The molecule has 180 valence electrons. The Balaban J connectivity index is 1.29. The normalized spacial score (nSPS) is 15.0. The average Bonchev–Trinajstić information content (AvgIpc) is 2.87. The maximum Gasteiger partial charge on any atom is 0.251 e. The fourth-order valence-corrected chi connectivity index (χ4v) is 4.56. The Morgan fingerprint density at radius 3 is 2.47 bits per heavy atom. The third kappa shape index (κ3) is 6.66. The van der Waals surface area contributed by atoms with Gasteiger partial charge >= 0.3 is 0 Å². The molecule has 1 aliphatic heterocycles. The van der Waals surface area contributed by atoms with Crippen molar-refractivity contribution in [2.45, 2.75) is 45.4 Å². The standard InChI is InChI=1S/C29H36N2O3/c1-3-22-5-4-6-26(17-22)29(32)30-28-11-13-31(14-12-28)20-23-7-9-25-10-8-24(19-27(25)18-23)21-34-16-15-33-2/h4-10,17-19,28H,3,11-16,20-21H2,1-2H3,(H,30,32). The van der Waals surface area contributed by atoms with Crippen molar-refractivity contribution in [3.63, 3.8) is 0 Å². The van der Waals surface area contributed by atoms with Gasteiger partial charge < -0.3 is 14.8 Å². The van der Waals surface area contributed by atoms with Gasteiger partial charge in [-0.3, -0.25) is 9.69 Å². The van der Waals surface area contributed by atoms with Gasteiger partial charge in [-0.15, -0.1) is 0 Å². The van der Waals surface area contributed by atoms with Crippen LogP contribution in [-0.4, -0.2) is 50.3 Å². The predicted octanol–water partition coefficient (Wildman–Crippen LogP) is 4.96. The minimum Gasteiger partial charge on any atom is -0.382 e. The molecule has 3 aromatic carbocycles. The Hall–Kier alpha value is -2.73. The number of hydrogen-bond acceptors (Lipinski definition) is 4. The molecule has 1 N–H and O–H groups in total. The number of methoxy groups -OCH3 is 1. The Bertz CT molecular complexity index is 1090. The van der Waals surface area contributed by atoms with Crippen LogP contribution < -0.4 is 5.32 Å². The molecular formula is C29H36N2O3. The highest BCUT2D eigenvalue weighted by Gasteiger charge is 2.21. The third-order valence-electron chi connectivity index (χ3n) is 6.60. The second kappa shape index (κ2) is 12.1. The molecule has 5 heteroatoms. The van der Waals surface area contributed by atoms with Crippen molar-refractivity contribution < 1.29 is 14.3 Å². The highest BCUT2D eigenvalue weighted by molar-refractivity contribution is 5.94. The summed E-state index contributed by atoms with van der Waals surface area (Å²) in [5, 5.41) is 5.74. The molecule has 1 amide bonds. The van der Waals surface area contributed by atoms with Crippen molar-refractivity contribution in [1.29, 1.82) is 0 Å². The number of nitrogens with zero attached hydrogens (tertiary/aromatic N) is 1. The van der Waals surface area contributed by atoms with Crippen LogP contribution in [0.25, 0.3) is 10.8 Å². The van der Waals surface area contributed by atoms with Crippen molar-refractivity contribution in [1.82, 2.24) is 10.2 Å². The first kappa shape index (κ1) is 24.4. The van der Waals surface area contributed by atoms with Crippen molar-refractivity contribution in [2.75, 3.05) is 33.4 Å². The topological polar surface area (TPSA) is 50.8 Å². The molecule has 0 unspecified atom stereocenters. The summed E-state index contributed by atoms with van der Waals surface area (Å²) in [4.78, 5) is 15.1. The predicted molar refractivity (Wildman–Crippen MR) is 137 cm³/mol. The van der Waals surface area contributed by atoms with Crippen LogP contribution in [0.4, 0.5) is 0 Å². The Labute approximate surface area is 203 Å². The molecule has 0 aromatic heterocycles. The lowest BCUT2D eigenvalue weighted by atomic mass is 10.0. The molecule has 0 spiro atoms. The number of carbonyl (C=O) groups is 1. The fourth-order valence-electron chi connectivity index (χ4n) is 4.56. The number of nitrogens with one attached hydrogen (secondary N) is 1. The first-order valence-electron chi connectivity index (χ1n) is 12.3. The van der Waals surface area contributed by atoms with E-state index in [-0.39, 0.29) is 11.9 Å². The summed E-state index contributed by atoms with van der Waals surface area (Å²) in [5.41, 5.74) is 4.47. The Morgan fingerprint density at radius 2 is 1.71 bits per heavy atom. The van der Waals surface area contributed by atoms with Crippen LogP contribution in [0.15, 0.2) is 60.7 Å². The second-order valence-electron chi connectivity index (χ2n) is 9.14. The van der Waals surface area contributed by atoms with Gasteiger partial charge in [0.05, 0.1) is 19.8 Å². The number of benzene rings is 3. The zero-order valence-electron chi connectivity index (χ0n) is 20.4. The molecule has 0 saturated carbocycles. The molecule has 34 heavy (non-hydrogen) atoms. The van der Waals surface area contributed by atoms with E-state index in [9.17, 15) is 4.79 Å². The first-order valence-corrected chi connectivity index (χ1v) is 12.3. The van der Waals surface area contributed by atoms with E-state index < -0.39 is 0 Å². The van der Waals surface area contributed by atoms with Crippen molar-refractivity contribution in [3.8, 4) is 0 Å². The van der Waals surface area contributed by atoms with Crippen molar-refractivity contribution in [3.05, 3.63) is 82.9 Å². The molecule has 0 aliphatic carbocycles. The van der Waals surface area contributed by atoms with E-state index in [0.717, 1.165) is 44.5 Å². The highest BCUT2D eigenvalue weighted by atomic mass is 16.5. The van der Waals surface area contributed by atoms with Gasteiger partial charge in [0.25, 0.3) is 5.91 Å². The van der Waals surface area contributed by atoms with Crippen LogP contribution >= 0.6 is 0 Å². The molecule has 1 fully saturated rings. The van der Waals surface area contributed by atoms with Gasteiger partial charge in [-0.05, 0) is 71.0 Å². The fraction of sp³-hybridized carbons (Fsp3) is 0.414. The largest absolute Gasteiger partial charge is 0.382 e. The number of rotatable bonds is 10. The zero-order chi connectivity index (χ0) is 23.8. The number of amides is 1. The minimum absolute atomic E-state index is 0.0466. The molecule has 0 bridgehead atoms. The smallest absolute Gasteiger partial charge is 0.251 e. The number of likely N-dealkylation sites (tertiary alicyclic amines) is 1. The Morgan fingerprint density at radius 1 is 0.941 bits per heavy atom. The van der Waals surface area contributed by atoms with Crippen LogP contribution in [0.3, 0.4) is 0 Å². The summed E-state index contributed by atoms with van der Waals surface area (Å²) in [5.74, 6) is 0.0466. The van der Waals surface area contributed by atoms with Crippen LogP contribution in [0.5, 0.6) is 0 Å². The van der Waals surface area contributed by atoms with Gasteiger partial charge in [0, 0.05) is 38.3 Å². The van der Waals surface area contributed by atoms with E-state index in [1.807, 2.05) is 18.2 Å². The summed E-state index contributed by atoms with van der Waals surface area (Å²) in [6, 6.07) is 21.4. The summed E-state index contributed by atoms with van der Waals surface area (Å²) < 4.78 is 10.7. The van der Waals surface area contributed by atoms with Crippen molar-refractivity contribution >= 4 is 16.7 Å². The summed E-state index contributed by atoms with van der Waals surface area (Å²) >= 11 is 0. The lowest BCUT2D eigenvalue weighted by Gasteiger charge is -2.32. The summed E-state index contributed by atoms with van der Waals surface area (Å²) in [7, 11) is 1.69. The first-order chi connectivity index (χ1) is 16.6. The van der Waals surface area contributed by atoms with Crippen LogP contribution in [0.1, 0.15) is 46.8 Å². The maximum absolute atomic E-state index is 12.7. The van der Waals surface area contributed by atoms with Crippen molar-refractivity contribution in [2.24, 2.45) is 0 Å².